The number of hydrogen-bond acceptors (Lipinski definition) is 3. The van der Waals surface area contributed by atoms with Gasteiger partial charge in [0.05, 0.1) is 17.7 Å². The van der Waals surface area contributed by atoms with Gasteiger partial charge in [-0.3, -0.25) is 0 Å². The molecule has 3 nitrogen and oxygen atoms in total. The smallest absolute Gasteiger partial charge is 0.133 e. The van der Waals surface area contributed by atoms with Crippen molar-refractivity contribution in [3.8, 4) is 5.75 Å². The Morgan fingerprint density at radius 1 is 1.57 bits per heavy atom. The third-order valence-corrected chi connectivity index (χ3v) is 2.86. The van der Waals surface area contributed by atoms with Crippen LogP contribution in [-0.4, -0.2) is 18.8 Å². The predicted molar refractivity (Wildman–Crippen MR) is 59.3 cm³/mol. The zero-order valence-corrected chi connectivity index (χ0v) is 9.62. The molecule has 14 heavy (non-hydrogen) atoms. The van der Waals surface area contributed by atoms with E-state index in [1.165, 1.54) is 0 Å². The molecule has 1 aromatic carbocycles. The van der Waals surface area contributed by atoms with Crippen LogP contribution in [0, 0.1) is 0 Å². The molecule has 1 aromatic rings. The van der Waals surface area contributed by atoms with Crippen molar-refractivity contribution in [3.05, 3.63) is 28.2 Å². The van der Waals surface area contributed by atoms with Crippen LogP contribution in [0.4, 0.5) is 0 Å². The monoisotopic (exact) mass is 259 g/mol. The van der Waals surface area contributed by atoms with Gasteiger partial charge >= 0.3 is 0 Å². The van der Waals surface area contributed by atoms with E-state index in [1.807, 2.05) is 18.2 Å². The average Bonchev–Trinajstić information content (AvgIpc) is 2.18. The van der Waals surface area contributed by atoms with Crippen molar-refractivity contribution in [2.75, 3.05) is 13.7 Å². The zero-order chi connectivity index (χ0) is 10.6. The van der Waals surface area contributed by atoms with Crippen molar-refractivity contribution in [1.82, 2.24) is 0 Å². The van der Waals surface area contributed by atoms with Crippen LogP contribution in [0.25, 0.3) is 0 Å². The van der Waals surface area contributed by atoms with Gasteiger partial charge in [-0.15, -0.1) is 0 Å². The molecule has 3 N–H and O–H groups in total. The standard InChI is InChI=1S/C10H14BrNO2/c1-14-9-4-2-3-7(10(9)11)8(13)5-6-12/h2-4,8,13H,5-6,12H2,1H3/t8-/m0/s1. The maximum Gasteiger partial charge on any atom is 0.133 e. The van der Waals surface area contributed by atoms with E-state index in [2.05, 4.69) is 15.9 Å². The van der Waals surface area contributed by atoms with Crippen molar-refractivity contribution in [1.29, 1.82) is 0 Å². The van der Waals surface area contributed by atoms with E-state index in [1.54, 1.807) is 7.11 Å². The molecule has 0 unspecified atom stereocenters. The summed E-state index contributed by atoms with van der Waals surface area (Å²) in [5.41, 5.74) is 6.20. The van der Waals surface area contributed by atoms with Gasteiger partial charge in [0, 0.05) is 0 Å². The van der Waals surface area contributed by atoms with Gasteiger partial charge in [0.1, 0.15) is 5.75 Å². The summed E-state index contributed by atoms with van der Waals surface area (Å²) in [5, 5.41) is 9.76. The Morgan fingerprint density at radius 2 is 2.29 bits per heavy atom. The van der Waals surface area contributed by atoms with E-state index in [0.717, 1.165) is 15.8 Å². The van der Waals surface area contributed by atoms with Crippen LogP contribution >= 0.6 is 15.9 Å². The molecule has 1 rings (SSSR count). The van der Waals surface area contributed by atoms with E-state index in [9.17, 15) is 5.11 Å². The number of methoxy groups -OCH3 is 1. The first-order valence-corrected chi connectivity index (χ1v) is 5.20. The maximum absolute atomic E-state index is 9.76. The lowest BCUT2D eigenvalue weighted by molar-refractivity contribution is 0.169. The molecule has 0 fully saturated rings. The Kier molecular flexibility index (Phi) is 4.38. The van der Waals surface area contributed by atoms with E-state index >= 15 is 0 Å². The lowest BCUT2D eigenvalue weighted by Gasteiger charge is -2.13. The summed E-state index contributed by atoms with van der Waals surface area (Å²) in [5.74, 6) is 0.721. The lowest BCUT2D eigenvalue weighted by atomic mass is 10.1. The molecular formula is C10H14BrNO2. The van der Waals surface area contributed by atoms with Crippen LogP contribution in [0.3, 0.4) is 0 Å². The number of nitrogens with two attached hydrogens (primary N) is 1. The van der Waals surface area contributed by atoms with E-state index < -0.39 is 6.10 Å². The fourth-order valence-electron chi connectivity index (χ4n) is 1.26. The van der Waals surface area contributed by atoms with E-state index in [4.69, 9.17) is 10.5 Å². The Morgan fingerprint density at radius 3 is 2.86 bits per heavy atom. The highest BCUT2D eigenvalue weighted by Crippen LogP contribution is 2.32. The van der Waals surface area contributed by atoms with E-state index in [-0.39, 0.29) is 0 Å². The quantitative estimate of drug-likeness (QED) is 0.868. The van der Waals surface area contributed by atoms with Crippen molar-refractivity contribution < 1.29 is 9.84 Å². The van der Waals surface area contributed by atoms with E-state index in [0.29, 0.717) is 13.0 Å². The maximum atomic E-state index is 9.76. The lowest BCUT2D eigenvalue weighted by Crippen LogP contribution is -2.07. The minimum atomic E-state index is -0.538. The summed E-state index contributed by atoms with van der Waals surface area (Å²) < 4.78 is 5.92. The third kappa shape index (κ3) is 2.47. The number of ether oxygens (including phenoxy) is 1. The molecule has 0 saturated carbocycles. The predicted octanol–water partition coefficient (Wildman–Crippen LogP) is 1.84. The summed E-state index contributed by atoms with van der Waals surface area (Å²) >= 11 is 3.39. The van der Waals surface area contributed by atoms with Crippen LogP contribution in [0.15, 0.2) is 22.7 Å². The molecule has 0 spiro atoms. The Hall–Kier alpha value is -0.580. The van der Waals surface area contributed by atoms with Crippen LogP contribution in [0.1, 0.15) is 18.1 Å². The first kappa shape index (κ1) is 11.5. The number of rotatable bonds is 4. The number of aliphatic hydroxyl groups excluding tert-OH is 1. The molecule has 0 radical (unpaired) electrons. The minimum Gasteiger partial charge on any atom is -0.496 e. The fourth-order valence-corrected chi connectivity index (χ4v) is 1.95. The average molecular weight is 260 g/mol. The largest absolute Gasteiger partial charge is 0.496 e. The summed E-state index contributed by atoms with van der Waals surface area (Å²) in [6.45, 7) is 0.463. The molecule has 0 saturated heterocycles. The molecule has 0 aliphatic carbocycles. The highest BCUT2D eigenvalue weighted by atomic mass is 79.9. The van der Waals surface area contributed by atoms with Crippen molar-refractivity contribution >= 4 is 15.9 Å². The van der Waals surface area contributed by atoms with Gasteiger partial charge in [-0.05, 0) is 40.5 Å². The second-order valence-electron chi connectivity index (χ2n) is 2.96. The number of halogens is 1. The molecule has 0 aromatic heterocycles. The van der Waals surface area contributed by atoms with Gasteiger partial charge in [-0.2, -0.15) is 0 Å². The van der Waals surface area contributed by atoms with Gasteiger partial charge < -0.3 is 15.6 Å². The highest BCUT2D eigenvalue weighted by molar-refractivity contribution is 9.10. The summed E-state index contributed by atoms with van der Waals surface area (Å²) in [6.07, 6.45) is 0.00987. The van der Waals surface area contributed by atoms with Crippen LogP contribution < -0.4 is 10.5 Å². The summed E-state index contributed by atoms with van der Waals surface area (Å²) in [4.78, 5) is 0. The Labute approximate surface area is 92.0 Å². The molecule has 0 heterocycles. The Balaban J connectivity index is 2.96. The van der Waals surface area contributed by atoms with Gasteiger partial charge in [0.2, 0.25) is 0 Å². The number of benzene rings is 1. The summed E-state index contributed by atoms with van der Waals surface area (Å²) in [7, 11) is 1.60. The van der Waals surface area contributed by atoms with Crippen molar-refractivity contribution in [3.63, 3.8) is 0 Å². The molecule has 0 aliphatic heterocycles. The van der Waals surface area contributed by atoms with Gasteiger partial charge in [-0.25, -0.2) is 0 Å². The molecule has 0 bridgehead atoms. The first-order chi connectivity index (χ1) is 6.70. The van der Waals surface area contributed by atoms with Gasteiger partial charge in [0.25, 0.3) is 0 Å². The number of hydrogen-bond donors (Lipinski definition) is 2. The second kappa shape index (κ2) is 5.34. The zero-order valence-electron chi connectivity index (χ0n) is 8.03. The SMILES string of the molecule is COc1cccc([C@@H](O)CCN)c1Br. The number of aliphatic hydroxyl groups is 1. The second-order valence-corrected chi connectivity index (χ2v) is 3.75. The Bertz CT molecular complexity index is 304. The molecular weight excluding hydrogens is 246 g/mol. The van der Waals surface area contributed by atoms with Crippen LogP contribution in [0.5, 0.6) is 5.75 Å². The summed E-state index contributed by atoms with van der Waals surface area (Å²) in [6, 6.07) is 5.54. The molecule has 4 heteroatoms. The van der Waals surface area contributed by atoms with Gasteiger partial charge in [-0.1, -0.05) is 12.1 Å². The third-order valence-electron chi connectivity index (χ3n) is 2.01. The van der Waals surface area contributed by atoms with Crippen molar-refractivity contribution in [2.24, 2.45) is 5.73 Å². The molecule has 0 amide bonds. The fraction of sp³-hybridized carbons (Fsp3) is 0.400. The normalized spacial score (nSPS) is 12.6. The van der Waals surface area contributed by atoms with Crippen LogP contribution in [0.2, 0.25) is 0 Å². The minimum absolute atomic E-state index is 0.463. The topological polar surface area (TPSA) is 55.5 Å². The molecule has 1 atom stereocenters. The van der Waals surface area contributed by atoms with Gasteiger partial charge in [0.15, 0.2) is 0 Å². The highest BCUT2D eigenvalue weighted by Gasteiger charge is 2.13. The molecule has 0 aliphatic rings. The van der Waals surface area contributed by atoms with Crippen LogP contribution in [-0.2, 0) is 0 Å². The first-order valence-electron chi connectivity index (χ1n) is 4.41. The molecule has 78 valence electrons. The van der Waals surface area contributed by atoms with Crippen molar-refractivity contribution in [2.45, 2.75) is 12.5 Å².